The second-order valence-electron chi connectivity index (χ2n) is 3.37. The van der Waals surface area contributed by atoms with E-state index in [0.29, 0.717) is 0 Å². The van der Waals surface area contributed by atoms with Gasteiger partial charge in [0.2, 0.25) is 6.34 Å². The minimum absolute atomic E-state index is 0.275. The number of hydrogen-bond donors (Lipinski definition) is 1. The highest BCUT2D eigenvalue weighted by Gasteiger charge is 2.35. The van der Waals surface area contributed by atoms with E-state index in [0.717, 1.165) is 19.1 Å². The summed E-state index contributed by atoms with van der Waals surface area (Å²) in [7, 11) is 0. The summed E-state index contributed by atoms with van der Waals surface area (Å²) in [5.74, 6) is 0. The van der Waals surface area contributed by atoms with Crippen LogP contribution in [-0.4, -0.2) is 53.2 Å². The van der Waals surface area contributed by atoms with Crippen molar-refractivity contribution in [2.75, 3.05) is 26.2 Å². The molecule has 11 heavy (non-hydrogen) atoms. The third kappa shape index (κ3) is 1.25. The van der Waals surface area contributed by atoms with Gasteiger partial charge in [-0.3, -0.25) is 9.48 Å². The highest BCUT2D eigenvalue weighted by Crippen LogP contribution is 2.18. The van der Waals surface area contributed by atoms with E-state index in [1.165, 1.54) is 19.4 Å². The fourth-order valence-corrected chi connectivity index (χ4v) is 2.01. The SMILES string of the molecule is OCC[N+]1=CN2CCC[C@H]2C1. The summed E-state index contributed by atoms with van der Waals surface area (Å²) in [6.07, 6.45) is 4.85. The minimum Gasteiger partial charge on any atom is -0.392 e. The van der Waals surface area contributed by atoms with Crippen LogP contribution in [-0.2, 0) is 0 Å². The zero-order valence-corrected chi connectivity index (χ0v) is 6.74. The molecule has 1 atom stereocenters. The van der Waals surface area contributed by atoms with E-state index in [1.54, 1.807) is 0 Å². The van der Waals surface area contributed by atoms with Gasteiger partial charge in [-0.2, -0.15) is 0 Å². The number of aliphatic hydroxyl groups is 1. The van der Waals surface area contributed by atoms with Crippen LogP contribution in [0.1, 0.15) is 12.8 Å². The average molecular weight is 155 g/mol. The van der Waals surface area contributed by atoms with Crippen LogP contribution < -0.4 is 0 Å². The van der Waals surface area contributed by atoms with Gasteiger partial charge in [-0.25, -0.2) is 0 Å². The predicted octanol–water partition coefficient (Wildman–Crippen LogP) is -0.502. The van der Waals surface area contributed by atoms with Gasteiger partial charge < -0.3 is 5.11 Å². The third-order valence-electron chi connectivity index (χ3n) is 2.57. The Bertz CT molecular complexity index is 179. The number of aliphatic hydroxyl groups excluding tert-OH is 1. The summed E-state index contributed by atoms with van der Waals surface area (Å²) in [5.41, 5.74) is 0. The van der Waals surface area contributed by atoms with E-state index in [1.807, 2.05) is 0 Å². The van der Waals surface area contributed by atoms with Crippen LogP contribution in [0.15, 0.2) is 0 Å². The molecule has 3 heteroatoms. The normalized spacial score (nSPS) is 29.0. The van der Waals surface area contributed by atoms with Crippen LogP contribution in [0.5, 0.6) is 0 Å². The lowest BCUT2D eigenvalue weighted by Gasteiger charge is -2.03. The Labute approximate surface area is 66.9 Å². The molecule has 1 fully saturated rings. The van der Waals surface area contributed by atoms with Crippen molar-refractivity contribution in [1.29, 1.82) is 0 Å². The van der Waals surface area contributed by atoms with E-state index >= 15 is 0 Å². The molecular formula is C8H15N2O+. The standard InChI is InChI=1S/C8H15N2O/c11-5-4-9-6-8-2-1-3-10(8)7-9/h7-8,11H,1-6H2/q+1/t8-/m0/s1. The van der Waals surface area contributed by atoms with Crippen LogP contribution in [0, 0.1) is 0 Å². The smallest absolute Gasteiger partial charge is 0.234 e. The van der Waals surface area contributed by atoms with Gasteiger partial charge in [0.15, 0.2) is 0 Å². The molecule has 1 N–H and O–H groups in total. The summed E-state index contributed by atoms with van der Waals surface area (Å²) in [6.45, 7) is 3.41. The van der Waals surface area contributed by atoms with Crippen LogP contribution in [0.25, 0.3) is 0 Å². The maximum absolute atomic E-state index is 8.71. The maximum Gasteiger partial charge on any atom is 0.234 e. The van der Waals surface area contributed by atoms with E-state index in [9.17, 15) is 0 Å². The molecule has 0 aliphatic carbocycles. The topological polar surface area (TPSA) is 26.5 Å². The molecule has 2 aliphatic heterocycles. The van der Waals surface area contributed by atoms with Crippen molar-refractivity contribution in [2.45, 2.75) is 18.9 Å². The quantitative estimate of drug-likeness (QED) is 0.544. The maximum atomic E-state index is 8.71. The van der Waals surface area contributed by atoms with Gasteiger partial charge in [0.25, 0.3) is 0 Å². The Kier molecular flexibility index (Phi) is 1.82. The van der Waals surface area contributed by atoms with Crippen LogP contribution in [0.4, 0.5) is 0 Å². The Morgan fingerprint density at radius 2 is 2.55 bits per heavy atom. The van der Waals surface area contributed by atoms with Crippen molar-refractivity contribution in [3.8, 4) is 0 Å². The molecule has 2 aliphatic rings. The van der Waals surface area contributed by atoms with E-state index < -0.39 is 0 Å². The van der Waals surface area contributed by atoms with E-state index in [4.69, 9.17) is 5.11 Å². The van der Waals surface area contributed by atoms with Crippen molar-refractivity contribution in [2.24, 2.45) is 0 Å². The number of nitrogens with zero attached hydrogens (tertiary/aromatic N) is 2. The summed E-state index contributed by atoms with van der Waals surface area (Å²) in [6, 6.07) is 0.751. The average Bonchev–Trinajstić information content (AvgIpc) is 2.46. The van der Waals surface area contributed by atoms with Crippen molar-refractivity contribution in [3.63, 3.8) is 0 Å². The summed E-state index contributed by atoms with van der Waals surface area (Å²) in [5, 5.41) is 8.71. The first-order chi connectivity index (χ1) is 5.40. The number of rotatable bonds is 2. The molecule has 62 valence electrons. The fraction of sp³-hybridized carbons (Fsp3) is 0.875. The van der Waals surface area contributed by atoms with Gasteiger partial charge in [-0.1, -0.05) is 0 Å². The molecule has 0 unspecified atom stereocenters. The first-order valence-electron chi connectivity index (χ1n) is 4.36. The Morgan fingerprint density at radius 1 is 1.64 bits per heavy atom. The third-order valence-corrected chi connectivity index (χ3v) is 2.57. The monoisotopic (exact) mass is 155 g/mol. The van der Waals surface area contributed by atoms with Crippen molar-refractivity contribution >= 4 is 6.34 Å². The van der Waals surface area contributed by atoms with E-state index in [2.05, 4.69) is 15.8 Å². The summed E-state index contributed by atoms with van der Waals surface area (Å²) in [4.78, 5) is 2.40. The number of fused-ring (bicyclic) bond motifs is 1. The first-order valence-corrected chi connectivity index (χ1v) is 4.36. The Morgan fingerprint density at radius 3 is 3.27 bits per heavy atom. The molecule has 0 aromatic rings. The lowest BCUT2D eigenvalue weighted by atomic mass is 10.2. The highest BCUT2D eigenvalue weighted by molar-refractivity contribution is 5.52. The molecule has 0 radical (unpaired) electrons. The molecular weight excluding hydrogens is 140 g/mol. The summed E-state index contributed by atoms with van der Waals surface area (Å²) < 4.78 is 2.21. The Balaban J connectivity index is 1.96. The van der Waals surface area contributed by atoms with E-state index in [-0.39, 0.29) is 6.61 Å². The molecule has 0 spiro atoms. The first kappa shape index (κ1) is 7.10. The predicted molar refractivity (Wildman–Crippen MR) is 42.9 cm³/mol. The van der Waals surface area contributed by atoms with Gasteiger partial charge in [-0.05, 0) is 12.8 Å². The minimum atomic E-state index is 0.275. The zero-order chi connectivity index (χ0) is 7.68. The van der Waals surface area contributed by atoms with Crippen molar-refractivity contribution in [1.82, 2.24) is 4.90 Å². The van der Waals surface area contributed by atoms with Gasteiger partial charge in [-0.15, -0.1) is 0 Å². The highest BCUT2D eigenvalue weighted by atomic mass is 16.3. The molecule has 1 saturated heterocycles. The second-order valence-corrected chi connectivity index (χ2v) is 3.37. The van der Waals surface area contributed by atoms with Crippen LogP contribution >= 0.6 is 0 Å². The molecule has 0 aromatic carbocycles. The number of hydrogen-bond acceptors (Lipinski definition) is 2. The van der Waals surface area contributed by atoms with Crippen molar-refractivity contribution < 1.29 is 9.68 Å². The lowest BCUT2D eigenvalue weighted by molar-refractivity contribution is -0.519. The van der Waals surface area contributed by atoms with Gasteiger partial charge >= 0.3 is 0 Å². The van der Waals surface area contributed by atoms with Crippen LogP contribution in [0.2, 0.25) is 0 Å². The zero-order valence-electron chi connectivity index (χ0n) is 6.74. The molecule has 0 bridgehead atoms. The van der Waals surface area contributed by atoms with Crippen LogP contribution in [0.3, 0.4) is 0 Å². The molecule has 0 saturated carbocycles. The second kappa shape index (κ2) is 2.81. The molecule has 2 heterocycles. The van der Waals surface area contributed by atoms with Gasteiger partial charge in [0, 0.05) is 0 Å². The summed E-state index contributed by atoms with van der Waals surface area (Å²) >= 11 is 0. The largest absolute Gasteiger partial charge is 0.392 e. The lowest BCUT2D eigenvalue weighted by Crippen LogP contribution is -2.24. The fourth-order valence-electron chi connectivity index (χ4n) is 2.01. The van der Waals surface area contributed by atoms with Crippen molar-refractivity contribution in [3.05, 3.63) is 0 Å². The molecule has 0 aromatic heterocycles. The van der Waals surface area contributed by atoms with Gasteiger partial charge in [0.05, 0.1) is 13.2 Å². The Hall–Kier alpha value is -0.570. The molecule has 3 nitrogen and oxygen atoms in total. The molecule has 2 rings (SSSR count). The molecule has 0 amide bonds. The number of β-amino-alcohol motifs (C(OH)–C–C–N with tert-alkyl or cyclic N) is 1. The van der Waals surface area contributed by atoms with Gasteiger partial charge in [0.1, 0.15) is 19.1 Å².